The van der Waals surface area contributed by atoms with Gasteiger partial charge >= 0.3 is 0 Å². The van der Waals surface area contributed by atoms with E-state index in [0.717, 1.165) is 52.1 Å². The van der Waals surface area contributed by atoms with E-state index in [1.54, 1.807) is 0 Å². The quantitative estimate of drug-likeness (QED) is 0.795. The van der Waals surface area contributed by atoms with Crippen molar-refractivity contribution in [1.82, 2.24) is 15.1 Å². The van der Waals surface area contributed by atoms with Gasteiger partial charge in [-0.25, -0.2) is 0 Å². The lowest BCUT2D eigenvalue weighted by atomic mass is 10.1. The van der Waals surface area contributed by atoms with E-state index in [0.29, 0.717) is 12.1 Å². The molecule has 0 saturated carbocycles. The molecule has 0 aromatic heterocycles. The molecule has 3 fully saturated rings. The van der Waals surface area contributed by atoms with Crippen molar-refractivity contribution >= 4 is 0 Å². The largest absolute Gasteiger partial charge is 0.379 e. The fraction of sp³-hybridized carbons (Fsp3) is 1.00. The highest BCUT2D eigenvalue weighted by Crippen LogP contribution is 2.21. The summed E-state index contributed by atoms with van der Waals surface area (Å²) in [6.45, 7) is 11.7. The number of nitrogens with zero attached hydrogens (tertiary/aromatic N) is 2. The average molecular weight is 283 g/mol. The second-order valence-corrected chi connectivity index (χ2v) is 6.40. The maximum Gasteiger partial charge on any atom is 0.0620 e. The second kappa shape index (κ2) is 7.18. The Balaban J connectivity index is 1.43. The van der Waals surface area contributed by atoms with Crippen molar-refractivity contribution in [3.63, 3.8) is 0 Å². The van der Waals surface area contributed by atoms with Crippen molar-refractivity contribution in [2.75, 3.05) is 59.2 Å². The van der Waals surface area contributed by atoms with Crippen molar-refractivity contribution < 1.29 is 9.47 Å². The van der Waals surface area contributed by atoms with Crippen LogP contribution in [0.1, 0.15) is 19.8 Å². The third-order valence-corrected chi connectivity index (χ3v) is 5.00. The van der Waals surface area contributed by atoms with Gasteiger partial charge in [-0.3, -0.25) is 9.80 Å². The van der Waals surface area contributed by atoms with Crippen LogP contribution in [0.3, 0.4) is 0 Å². The molecule has 0 amide bonds. The molecule has 116 valence electrons. The van der Waals surface area contributed by atoms with Crippen LogP contribution in [0.15, 0.2) is 0 Å². The summed E-state index contributed by atoms with van der Waals surface area (Å²) in [5.74, 6) is 0. The molecule has 0 aromatic carbocycles. The maximum absolute atomic E-state index is 5.56. The van der Waals surface area contributed by atoms with Crippen molar-refractivity contribution in [3.05, 3.63) is 0 Å². The van der Waals surface area contributed by atoms with Crippen LogP contribution in [0, 0.1) is 0 Å². The van der Waals surface area contributed by atoms with E-state index >= 15 is 0 Å². The van der Waals surface area contributed by atoms with E-state index in [-0.39, 0.29) is 0 Å². The van der Waals surface area contributed by atoms with Crippen LogP contribution in [-0.2, 0) is 9.47 Å². The number of morpholine rings is 2. The Hall–Kier alpha value is -0.200. The maximum atomic E-state index is 5.56. The predicted molar refractivity (Wildman–Crippen MR) is 79.1 cm³/mol. The van der Waals surface area contributed by atoms with Crippen LogP contribution in [0.2, 0.25) is 0 Å². The Bertz CT molecular complexity index is 291. The number of likely N-dealkylation sites (tertiary alicyclic amines) is 1. The number of ether oxygens (including phenoxy) is 2. The number of hydrogen-bond donors (Lipinski definition) is 1. The Morgan fingerprint density at radius 3 is 2.75 bits per heavy atom. The Morgan fingerprint density at radius 1 is 1.15 bits per heavy atom. The molecule has 5 nitrogen and oxygen atoms in total. The molecule has 20 heavy (non-hydrogen) atoms. The van der Waals surface area contributed by atoms with E-state index < -0.39 is 0 Å². The molecule has 3 aliphatic rings. The zero-order chi connectivity index (χ0) is 13.8. The second-order valence-electron chi connectivity index (χ2n) is 6.40. The third-order valence-electron chi connectivity index (χ3n) is 5.00. The van der Waals surface area contributed by atoms with Crippen molar-refractivity contribution in [1.29, 1.82) is 0 Å². The van der Waals surface area contributed by atoms with Gasteiger partial charge in [0.1, 0.15) is 0 Å². The molecule has 0 spiro atoms. The first-order valence-corrected chi connectivity index (χ1v) is 8.20. The normalized spacial score (nSPS) is 35.2. The zero-order valence-electron chi connectivity index (χ0n) is 12.7. The van der Waals surface area contributed by atoms with Crippen molar-refractivity contribution in [3.8, 4) is 0 Å². The summed E-state index contributed by atoms with van der Waals surface area (Å²) in [6.07, 6.45) is 2.52. The van der Waals surface area contributed by atoms with Gasteiger partial charge in [-0.05, 0) is 19.8 Å². The molecule has 3 heterocycles. The van der Waals surface area contributed by atoms with Crippen LogP contribution in [-0.4, -0.2) is 87.1 Å². The van der Waals surface area contributed by atoms with Gasteiger partial charge in [0.15, 0.2) is 0 Å². The molecule has 1 N–H and O–H groups in total. The zero-order valence-corrected chi connectivity index (χ0v) is 12.7. The molecule has 5 heteroatoms. The molecule has 0 bridgehead atoms. The van der Waals surface area contributed by atoms with E-state index in [1.165, 1.54) is 25.9 Å². The molecule has 3 rings (SSSR count). The molecular weight excluding hydrogens is 254 g/mol. The SMILES string of the molecule is CC(CC1COCCN1)N1CCC(N2CCOCC2)C1. The van der Waals surface area contributed by atoms with E-state index in [1.807, 2.05) is 0 Å². The van der Waals surface area contributed by atoms with Gasteiger partial charge in [-0.15, -0.1) is 0 Å². The fourth-order valence-electron chi connectivity index (χ4n) is 3.74. The lowest BCUT2D eigenvalue weighted by Crippen LogP contribution is -2.47. The number of rotatable bonds is 4. The molecule has 3 atom stereocenters. The summed E-state index contributed by atoms with van der Waals surface area (Å²) >= 11 is 0. The molecule has 0 aromatic rings. The lowest BCUT2D eigenvalue weighted by Gasteiger charge is -2.34. The first kappa shape index (κ1) is 14.7. The Kier molecular flexibility index (Phi) is 5.29. The highest BCUT2D eigenvalue weighted by atomic mass is 16.5. The van der Waals surface area contributed by atoms with E-state index in [2.05, 4.69) is 22.0 Å². The summed E-state index contributed by atoms with van der Waals surface area (Å²) in [4.78, 5) is 5.29. The summed E-state index contributed by atoms with van der Waals surface area (Å²) in [5, 5.41) is 3.57. The molecule has 0 aliphatic carbocycles. The van der Waals surface area contributed by atoms with Crippen molar-refractivity contribution in [2.45, 2.75) is 37.9 Å². The summed E-state index contributed by atoms with van der Waals surface area (Å²) in [5.41, 5.74) is 0. The smallest absolute Gasteiger partial charge is 0.0620 e. The van der Waals surface area contributed by atoms with Crippen LogP contribution in [0.4, 0.5) is 0 Å². The highest BCUT2D eigenvalue weighted by Gasteiger charge is 2.31. The average Bonchev–Trinajstić information content (AvgIpc) is 2.99. The molecule has 0 radical (unpaired) electrons. The van der Waals surface area contributed by atoms with E-state index in [4.69, 9.17) is 9.47 Å². The van der Waals surface area contributed by atoms with Gasteiger partial charge in [-0.1, -0.05) is 0 Å². The topological polar surface area (TPSA) is 37.0 Å². The first-order valence-electron chi connectivity index (χ1n) is 8.20. The van der Waals surface area contributed by atoms with Gasteiger partial charge in [0.05, 0.1) is 26.4 Å². The lowest BCUT2D eigenvalue weighted by molar-refractivity contribution is 0.0170. The third kappa shape index (κ3) is 3.71. The molecule has 3 saturated heterocycles. The van der Waals surface area contributed by atoms with Gasteiger partial charge in [0, 0.05) is 50.8 Å². The minimum atomic E-state index is 0.543. The Labute approximate surface area is 122 Å². The predicted octanol–water partition coefficient (Wildman–Crippen LogP) is 0.160. The molecule has 3 aliphatic heterocycles. The number of hydrogen-bond acceptors (Lipinski definition) is 5. The van der Waals surface area contributed by atoms with Crippen molar-refractivity contribution in [2.24, 2.45) is 0 Å². The van der Waals surface area contributed by atoms with Gasteiger partial charge < -0.3 is 14.8 Å². The summed E-state index contributed by atoms with van der Waals surface area (Å²) in [7, 11) is 0. The van der Waals surface area contributed by atoms with Crippen LogP contribution in [0.25, 0.3) is 0 Å². The fourth-order valence-corrected chi connectivity index (χ4v) is 3.74. The van der Waals surface area contributed by atoms with E-state index in [9.17, 15) is 0 Å². The summed E-state index contributed by atoms with van der Waals surface area (Å²) in [6, 6.07) is 1.94. The van der Waals surface area contributed by atoms with Crippen LogP contribution < -0.4 is 5.32 Å². The molecule has 3 unspecified atom stereocenters. The minimum Gasteiger partial charge on any atom is -0.379 e. The van der Waals surface area contributed by atoms with Gasteiger partial charge in [0.2, 0.25) is 0 Å². The van der Waals surface area contributed by atoms with Crippen LogP contribution >= 0.6 is 0 Å². The van der Waals surface area contributed by atoms with Crippen LogP contribution in [0.5, 0.6) is 0 Å². The van der Waals surface area contributed by atoms with Gasteiger partial charge in [0.25, 0.3) is 0 Å². The first-order chi connectivity index (χ1) is 9.83. The molecular formula is C15H29N3O2. The van der Waals surface area contributed by atoms with Gasteiger partial charge in [-0.2, -0.15) is 0 Å². The highest BCUT2D eigenvalue weighted by molar-refractivity contribution is 4.88. The summed E-state index contributed by atoms with van der Waals surface area (Å²) < 4.78 is 11.0. The number of nitrogens with one attached hydrogen (secondary N) is 1. The minimum absolute atomic E-state index is 0.543. The monoisotopic (exact) mass is 283 g/mol. The Morgan fingerprint density at radius 2 is 2.00 bits per heavy atom. The standard InChI is InChI=1S/C15H29N3O2/c1-13(10-14-12-20-7-3-16-14)18-4-2-15(11-18)17-5-8-19-9-6-17/h13-16H,2-12H2,1H3.